The monoisotopic (exact) mass is 310 g/mol. The van der Waals surface area contributed by atoms with E-state index in [1.807, 2.05) is 37.3 Å². The average molecular weight is 310 g/mol. The number of nitrogens with one attached hydrogen (secondary N) is 1. The lowest BCUT2D eigenvalue weighted by Crippen LogP contribution is -2.31. The Morgan fingerprint density at radius 1 is 1.22 bits per heavy atom. The molecule has 2 aromatic carbocycles. The fourth-order valence-electron chi connectivity index (χ4n) is 2.52. The summed E-state index contributed by atoms with van der Waals surface area (Å²) in [6.45, 7) is 3.11. The number of ether oxygens (including phenoxy) is 1. The summed E-state index contributed by atoms with van der Waals surface area (Å²) in [5.41, 5.74) is 2.24. The molecule has 2 aromatic rings. The van der Waals surface area contributed by atoms with Crippen LogP contribution >= 0.6 is 0 Å². The highest BCUT2D eigenvalue weighted by molar-refractivity contribution is 5.99. The van der Waals surface area contributed by atoms with Crippen LogP contribution < -0.4 is 10.1 Å². The first-order valence-corrected chi connectivity index (χ1v) is 7.57. The second kappa shape index (κ2) is 6.52. The first-order chi connectivity index (χ1) is 11.2. The zero-order chi connectivity index (χ0) is 16.2. The summed E-state index contributed by atoms with van der Waals surface area (Å²) < 4.78 is 5.38. The van der Waals surface area contributed by atoms with Crippen molar-refractivity contribution in [3.63, 3.8) is 0 Å². The Bertz CT molecular complexity index is 728. The average Bonchev–Trinajstić information content (AvgIpc) is 2.59. The van der Waals surface area contributed by atoms with Crippen molar-refractivity contribution in [1.29, 1.82) is 0 Å². The van der Waals surface area contributed by atoms with Crippen LogP contribution in [-0.2, 0) is 11.3 Å². The number of fused-ring (bicyclic) bond motifs is 1. The van der Waals surface area contributed by atoms with E-state index in [4.69, 9.17) is 4.74 Å². The van der Waals surface area contributed by atoms with Gasteiger partial charge in [-0.2, -0.15) is 0 Å². The molecule has 0 saturated carbocycles. The van der Waals surface area contributed by atoms with E-state index in [0.29, 0.717) is 30.1 Å². The molecule has 23 heavy (non-hydrogen) atoms. The Kier molecular flexibility index (Phi) is 4.28. The van der Waals surface area contributed by atoms with Gasteiger partial charge in [0.15, 0.2) is 6.61 Å². The molecule has 0 saturated heterocycles. The van der Waals surface area contributed by atoms with E-state index in [-0.39, 0.29) is 18.4 Å². The number of anilines is 1. The van der Waals surface area contributed by atoms with Crippen LogP contribution in [0.3, 0.4) is 0 Å². The maximum Gasteiger partial charge on any atom is 0.262 e. The number of carbonyl (C=O) groups excluding carboxylic acids is 2. The molecule has 1 aliphatic rings. The van der Waals surface area contributed by atoms with Gasteiger partial charge in [0.1, 0.15) is 5.75 Å². The molecule has 0 atom stereocenters. The van der Waals surface area contributed by atoms with E-state index in [1.165, 1.54) is 0 Å². The Morgan fingerprint density at radius 3 is 2.74 bits per heavy atom. The van der Waals surface area contributed by atoms with Gasteiger partial charge >= 0.3 is 0 Å². The van der Waals surface area contributed by atoms with Crippen molar-refractivity contribution >= 4 is 17.5 Å². The second-order valence-corrected chi connectivity index (χ2v) is 5.35. The molecule has 0 spiro atoms. The smallest absolute Gasteiger partial charge is 0.262 e. The van der Waals surface area contributed by atoms with Crippen molar-refractivity contribution in [2.75, 3.05) is 18.5 Å². The van der Waals surface area contributed by atoms with Crippen molar-refractivity contribution in [2.24, 2.45) is 0 Å². The van der Waals surface area contributed by atoms with E-state index >= 15 is 0 Å². The molecule has 0 radical (unpaired) electrons. The summed E-state index contributed by atoms with van der Waals surface area (Å²) in [4.78, 5) is 25.8. The maximum absolute atomic E-state index is 12.7. The number of amides is 2. The SMILES string of the molecule is CCN(Cc1ccccc1)C(=O)c1ccc2c(c1)OCC(=O)N2. The number of hydrogen-bond acceptors (Lipinski definition) is 3. The molecule has 0 aromatic heterocycles. The van der Waals surface area contributed by atoms with Gasteiger partial charge in [0, 0.05) is 18.7 Å². The summed E-state index contributed by atoms with van der Waals surface area (Å²) in [6, 6.07) is 15.0. The van der Waals surface area contributed by atoms with Gasteiger partial charge in [0.25, 0.3) is 11.8 Å². The number of benzene rings is 2. The molecule has 1 heterocycles. The molecule has 2 amide bonds. The van der Waals surface area contributed by atoms with Crippen LogP contribution in [0, 0.1) is 0 Å². The number of carbonyl (C=O) groups is 2. The van der Waals surface area contributed by atoms with E-state index < -0.39 is 0 Å². The molecule has 3 rings (SSSR count). The highest BCUT2D eigenvalue weighted by atomic mass is 16.5. The third-order valence-electron chi connectivity index (χ3n) is 3.75. The third-order valence-corrected chi connectivity index (χ3v) is 3.75. The number of nitrogens with zero attached hydrogens (tertiary/aromatic N) is 1. The van der Waals surface area contributed by atoms with Crippen LogP contribution in [0.2, 0.25) is 0 Å². The van der Waals surface area contributed by atoms with E-state index in [1.54, 1.807) is 23.1 Å². The van der Waals surface area contributed by atoms with E-state index in [0.717, 1.165) is 5.56 Å². The molecule has 1 aliphatic heterocycles. The lowest BCUT2D eigenvalue weighted by Gasteiger charge is -2.23. The molecule has 118 valence electrons. The summed E-state index contributed by atoms with van der Waals surface area (Å²) in [6.07, 6.45) is 0. The molecule has 5 heteroatoms. The quantitative estimate of drug-likeness (QED) is 0.944. The van der Waals surface area contributed by atoms with E-state index in [9.17, 15) is 9.59 Å². The Hall–Kier alpha value is -2.82. The van der Waals surface area contributed by atoms with Gasteiger partial charge < -0.3 is 15.0 Å². The molecular weight excluding hydrogens is 292 g/mol. The Labute approximate surface area is 134 Å². The second-order valence-electron chi connectivity index (χ2n) is 5.35. The molecular formula is C18H18N2O3. The van der Waals surface area contributed by atoms with Gasteiger partial charge in [-0.3, -0.25) is 9.59 Å². The molecule has 0 bridgehead atoms. The summed E-state index contributed by atoms with van der Waals surface area (Å²) in [7, 11) is 0. The van der Waals surface area contributed by atoms with Gasteiger partial charge in [0.05, 0.1) is 5.69 Å². The largest absolute Gasteiger partial charge is 0.482 e. The minimum Gasteiger partial charge on any atom is -0.482 e. The standard InChI is InChI=1S/C18H18N2O3/c1-2-20(11-13-6-4-3-5-7-13)18(22)14-8-9-15-16(10-14)23-12-17(21)19-15/h3-10H,2,11-12H2,1H3,(H,19,21). The molecule has 0 unspecified atom stereocenters. The fraction of sp³-hybridized carbons (Fsp3) is 0.222. The molecule has 1 N–H and O–H groups in total. The van der Waals surface area contributed by atoms with Crippen LogP contribution in [0.5, 0.6) is 5.75 Å². The van der Waals surface area contributed by atoms with Crippen LogP contribution in [0.1, 0.15) is 22.8 Å². The number of rotatable bonds is 4. The minimum atomic E-state index is -0.184. The zero-order valence-electron chi connectivity index (χ0n) is 12.9. The topological polar surface area (TPSA) is 58.6 Å². The molecule has 0 aliphatic carbocycles. The lowest BCUT2D eigenvalue weighted by atomic mass is 10.1. The Balaban J connectivity index is 1.80. The van der Waals surface area contributed by atoms with Crippen molar-refractivity contribution in [2.45, 2.75) is 13.5 Å². The van der Waals surface area contributed by atoms with Crippen molar-refractivity contribution < 1.29 is 14.3 Å². The minimum absolute atomic E-state index is 0.0217. The van der Waals surface area contributed by atoms with E-state index in [2.05, 4.69) is 5.32 Å². The summed E-state index contributed by atoms with van der Waals surface area (Å²) >= 11 is 0. The van der Waals surface area contributed by atoms with Gasteiger partial charge in [-0.1, -0.05) is 30.3 Å². The highest BCUT2D eigenvalue weighted by Crippen LogP contribution is 2.29. The van der Waals surface area contributed by atoms with Gasteiger partial charge in [0.2, 0.25) is 0 Å². The van der Waals surface area contributed by atoms with Gasteiger partial charge in [-0.15, -0.1) is 0 Å². The van der Waals surface area contributed by atoms with Crippen LogP contribution in [0.4, 0.5) is 5.69 Å². The molecule has 0 fully saturated rings. The number of hydrogen-bond donors (Lipinski definition) is 1. The summed E-state index contributed by atoms with van der Waals surface area (Å²) in [5, 5.41) is 2.72. The van der Waals surface area contributed by atoms with Crippen molar-refractivity contribution in [3.8, 4) is 5.75 Å². The predicted molar refractivity (Wildman–Crippen MR) is 87.4 cm³/mol. The van der Waals surface area contributed by atoms with Gasteiger partial charge in [-0.05, 0) is 30.7 Å². The van der Waals surface area contributed by atoms with Crippen molar-refractivity contribution in [1.82, 2.24) is 4.90 Å². The van der Waals surface area contributed by atoms with Crippen LogP contribution in [0.25, 0.3) is 0 Å². The van der Waals surface area contributed by atoms with Crippen LogP contribution in [-0.4, -0.2) is 29.9 Å². The highest BCUT2D eigenvalue weighted by Gasteiger charge is 2.20. The lowest BCUT2D eigenvalue weighted by molar-refractivity contribution is -0.118. The Morgan fingerprint density at radius 2 is 2.00 bits per heavy atom. The maximum atomic E-state index is 12.7. The first kappa shape index (κ1) is 15.1. The van der Waals surface area contributed by atoms with Gasteiger partial charge in [-0.25, -0.2) is 0 Å². The normalized spacial score (nSPS) is 12.8. The first-order valence-electron chi connectivity index (χ1n) is 7.57. The van der Waals surface area contributed by atoms with Crippen molar-refractivity contribution in [3.05, 3.63) is 59.7 Å². The third kappa shape index (κ3) is 3.34. The molecule has 5 nitrogen and oxygen atoms in total. The van der Waals surface area contributed by atoms with Crippen LogP contribution in [0.15, 0.2) is 48.5 Å². The summed E-state index contributed by atoms with van der Waals surface area (Å²) in [5.74, 6) is 0.293. The zero-order valence-corrected chi connectivity index (χ0v) is 12.9. The fourth-order valence-corrected chi connectivity index (χ4v) is 2.52. The predicted octanol–water partition coefficient (Wildman–Crippen LogP) is 2.68.